The monoisotopic (exact) mass is 323 g/mol. The molecule has 1 aliphatic carbocycles. The average molecular weight is 323 g/mol. The zero-order valence-electron chi connectivity index (χ0n) is 15.0. The minimum absolute atomic E-state index is 0.0427. The lowest BCUT2D eigenvalue weighted by Gasteiger charge is -2.40. The van der Waals surface area contributed by atoms with Gasteiger partial charge in [-0.2, -0.15) is 0 Å². The van der Waals surface area contributed by atoms with Gasteiger partial charge in [-0.05, 0) is 37.0 Å². The van der Waals surface area contributed by atoms with Crippen molar-refractivity contribution in [1.82, 2.24) is 15.5 Å². The third kappa shape index (κ3) is 5.48. The summed E-state index contributed by atoms with van der Waals surface area (Å²) in [5, 5.41) is 6.19. The molecule has 0 spiro atoms. The predicted molar refractivity (Wildman–Crippen MR) is 92.0 cm³/mol. The molecule has 2 N–H and O–H groups in total. The molecule has 2 aliphatic rings. The van der Waals surface area contributed by atoms with E-state index in [2.05, 4.69) is 31.4 Å². The number of nitrogens with one attached hydrogen (secondary N) is 2. The van der Waals surface area contributed by atoms with Gasteiger partial charge in [-0.1, -0.05) is 33.6 Å². The van der Waals surface area contributed by atoms with Crippen LogP contribution < -0.4 is 10.6 Å². The van der Waals surface area contributed by atoms with Crippen molar-refractivity contribution < 1.29 is 9.59 Å². The number of hydrogen-bond donors (Lipinski definition) is 2. The van der Waals surface area contributed by atoms with E-state index in [-0.39, 0.29) is 23.8 Å². The number of nitrogens with zero attached hydrogens (tertiary/aromatic N) is 1. The number of amides is 2. The van der Waals surface area contributed by atoms with E-state index < -0.39 is 0 Å². The summed E-state index contributed by atoms with van der Waals surface area (Å²) in [6.45, 7) is 8.97. The van der Waals surface area contributed by atoms with Gasteiger partial charge >= 0.3 is 0 Å². The highest BCUT2D eigenvalue weighted by Gasteiger charge is 2.34. The summed E-state index contributed by atoms with van der Waals surface area (Å²) in [5.41, 5.74) is 0.264. The molecule has 0 aromatic heterocycles. The Morgan fingerprint density at radius 3 is 2.30 bits per heavy atom. The Hall–Kier alpha value is -1.10. The van der Waals surface area contributed by atoms with E-state index in [0.717, 1.165) is 32.4 Å². The number of likely N-dealkylation sites (tertiary alicyclic amines) is 1. The Morgan fingerprint density at radius 1 is 1.00 bits per heavy atom. The maximum absolute atomic E-state index is 12.0. The van der Waals surface area contributed by atoms with Crippen molar-refractivity contribution in [2.24, 2.45) is 11.3 Å². The van der Waals surface area contributed by atoms with Crippen LogP contribution in [0.2, 0.25) is 0 Å². The highest BCUT2D eigenvalue weighted by atomic mass is 16.2. The third-order valence-corrected chi connectivity index (χ3v) is 5.30. The van der Waals surface area contributed by atoms with Crippen LogP contribution in [0.25, 0.3) is 0 Å². The van der Waals surface area contributed by atoms with Gasteiger partial charge in [0.25, 0.3) is 0 Å². The van der Waals surface area contributed by atoms with E-state index >= 15 is 0 Å². The van der Waals surface area contributed by atoms with Gasteiger partial charge in [0.05, 0.1) is 13.1 Å². The van der Waals surface area contributed by atoms with Crippen LogP contribution >= 0.6 is 0 Å². The van der Waals surface area contributed by atoms with Gasteiger partial charge in [0.15, 0.2) is 0 Å². The summed E-state index contributed by atoms with van der Waals surface area (Å²) in [6.07, 6.45) is 7.06. The molecule has 1 heterocycles. The van der Waals surface area contributed by atoms with Crippen molar-refractivity contribution in [1.29, 1.82) is 0 Å². The van der Waals surface area contributed by atoms with E-state index in [9.17, 15) is 9.59 Å². The van der Waals surface area contributed by atoms with E-state index in [0.29, 0.717) is 18.5 Å². The van der Waals surface area contributed by atoms with Gasteiger partial charge in [-0.25, -0.2) is 0 Å². The molecule has 23 heavy (non-hydrogen) atoms. The second kappa shape index (κ2) is 8.13. The standard InChI is InChI=1S/C18H33N3O2/c1-18(2,3)14-8-4-5-9-15(14)19-12-16(22)20-13-17(23)21-10-6-7-11-21/h14-15,19H,4-13H2,1-3H3,(H,20,22). The maximum Gasteiger partial charge on any atom is 0.241 e. The van der Waals surface area contributed by atoms with Gasteiger partial charge in [0.1, 0.15) is 0 Å². The lowest BCUT2D eigenvalue weighted by Crippen LogP contribution is -2.48. The molecule has 2 unspecified atom stereocenters. The molecule has 2 atom stereocenters. The smallest absolute Gasteiger partial charge is 0.241 e. The molecule has 0 aromatic carbocycles. The first-order valence-electron chi connectivity index (χ1n) is 9.16. The number of carbonyl (C=O) groups is 2. The highest BCUT2D eigenvalue weighted by molar-refractivity contribution is 5.85. The topological polar surface area (TPSA) is 61.4 Å². The summed E-state index contributed by atoms with van der Waals surface area (Å²) in [5.74, 6) is 0.576. The average Bonchev–Trinajstić information content (AvgIpc) is 3.04. The molecule has 0 radical (unpaired) electrons. The summed E-state index contributed by atoms with van der Waals surface area (Å²) >= 11 is 0. The predicted octanol–water partition coefficient (Wildman–Crippen LogP) is 1.92. The normalized spacial score (nSPS) is 25.4. The molecule has 0 bridgehead atoms. The molecule has 1 saturated carbocycles. The van der Waals surface area contributed by atoms with Crippen molar-refractivity contribution in [3.05, 3.63) is 0 Å². The maximum atomic E-state index is 12.0. The third-order valence-electron chi connectivity index (χ3n) is 5.30. The van der Waals surface area contributed by atoms with E-state index in [4.69, 9.17) is 0 Å². The molecular formula is C18H33N3O2. The van der Waals surface area contributed by atoms with Gasteiger partial charge in [0, 0.05) is 19.1 Å². The van der Waals surface area contributed by atoms with E-state index in [1.54, 1.807) is 0 Å². The highest BCUT2D eigenvalue weighted by Crippen LogP contribution is 2.37. The van der Waals surface area contributed by atoms with Crippen LogP contribution in [0, 0.1) is 11.3 Å². The lowest BCUT2D eigenvalue weighted by atomic mass is 9.69. The number of carbonyl (C=O) groups excluding carboxylic acids is 2. The lowest BCUT2D eigenvalue weighted by molar-refractivity contribution is -0.131. The van der Waals surface area contributed by atoms with Crippen molar-refractivity contribution >= 4 is 11.8 Å². The Labute approximate surface area is 140 Å². The Balaban J connectivity index is 1.71. The van der Waals surface area contributed by atoms with Crippen LogP contribution in [-0.4, -0.2) is 48.9 Å². The van der Waals surface area contributed by atoms with E-state index in [1.165, 1.54) is 19.3 Å². The first-order valence-corrected chi connectivity index (χ1v) is 9.16. The summed E-state index contributed by atoms with van der Waals surface area (Å²) < 4.78 is 0. The van der Waals surface area contributed by atoms with Crippen LogP contribution in [0.15, 0.2) is 0 Å². The fraction of sp³-hybridized carbons (Fsp3) is 0.889. The van der Waals surface area contributed by atoms with Gasteiger partial charge in [0.2, 0.25) is 11.8 Å². The quantitative estimate of drug-likeness (QED) is 0.812. The largest absolute Gasteiger partial charge is 0.346 e. The van der Waals surface area contributed by atoms with Crippen LogP contribution in [0.4, 0.5) is 0 Å². The Morgan fingerprint density at radius 2 is 1.65 bits per heavy atom. The van der Waals surface area contributed by atoms with Crippen LogP contribution in [0.3, 0.4) is 0 Å². The first-order chi connectivity index (χ1) is 10.9. The molecular weight excluding hydrogens is 290 g/mol. The summed E-state index contributed by atoms with van der Waals surface area (Å²) in [6, 6.07) is 0.406. The molecule has 2 fully saturated rings. The van der Waals surface area contributed by atoms with Crippen molar-refractivity contribution in [3.8, 4) is 0 Å². The van der Waals surface area contributed by atoms with Gasteiger partial charge < -0.3 is 15.5 Å². The van der Waals surface area contributed by atoms with Gasteiger partial charge in [-0.15, -0.1) is 0 Å². The fourth-order valence-corrected chi connectivity index (χ4v) is 3.95. The minimum atomic E-state index is -0.0734. The molecule has 132 valence electrons. The molecule has 2 rings (SSSR count). The van der Waals surface area contributed by atoms with Gasteiger partial charge in [-0.3, -0.25) is 9.59 Å². The zero-order chi connectivity index (χ0) is 16.9. The fourth-order valence-electron chi connectivity index (χ4n) is 3.95. The second-order valence-electron chi connectivity index (χ2n) is 8.11. The van der Waals surface area contributed by atoms with Crippen LogP contribution in [0.1, 0.15) is 59.3 Å². The molecule has 0 aromatic rings. The SMILES string of the molecule is CC(C)(C)C1CCCCC1NCC(=O)NCC(=O)N1CCCC1. The summed E-state index contributed by atoms with van der Waals surface area (Å²) in [4.78, 5) is 25.8. The first kappa shape index (κ1) is 18.2. The number of hydrogen-bond acceptors (Lipinski definition) is 3. The van der Waals surface area contributed by atoms with Crippen molar-refractivity contribution in [2.45, 2.75) is 65.3 Å². The Kier molecular flexibility index (Phi) is 6.45. The molecule has 5 nitrogen and oxygen atoms in total. The second-order valence-corrected chi connectivity index (χ2v) is 8.11. The zero-order valence-corrected chi connectivity index (χ0v) is 15.0. The molecule has 5 heteroatoms. The Bertz CT molecular complexity index is 411. The molecule has 1 saturated heterocycles. The van der Waals surface area contributed by atoms with Crippen LogP contribution in [-0.2, 0) is 9.59 Å². The van der Waals surface area contributed by atoms with Crippen molar-refractivity contribution in [2.75, 3.05) is 26.2 Å². The minimum Gasteiger partial charge on any atom is -0.346 e. The summed E-state index contributed by atoms with van der Waals surface area (Å²) in [7, 11) is 0. The molecule has 2 amide bonds. The van der Waals surface area contributed by atoms with Crippen molar-refractivity contribution in [3.63, 3.8) is 0 Å². The number of rotatable bonds is 5. The molecule has 1 aliphatic heterocycles. The van der Waals surface area contributed by atoms with Crippen LogP contribution in [0.5, 0.6) is 0 Å². The van der Waals surface area contributed by atoms with E-state index in [1.807, 2.05) is 4.90 Å².